The Kier molecular flexibility index (Phi) is 4.55. The first kappa shape index (κ1) is 17.8. The Bertz CT molecular complexity index is 1090. The van der Waals surface area contributed by atoms with Crippen molar-refractivity contribution in [1.82, 2.24) is 19.4 Å². The molecule has 1 saturated heterocycles. The molecule has 0 bridgehead atoms. The zero-order valence-corrected chi connectivity index (χ0v) is 15.4. The quantitative estimate of drug-likeness (QED) is 0.678. The van der Waals surface area contributed by atoms with Crippen LogP contribution in [0.2, 0.25) is 10.2 Å². The molecule has 0 aliphatic carbocycles. The van der Waals surface area contributed by atoms with Crippen LogP contribution in [0.5, 0.6) is 0 Å². The maximum absolute atomic E-state index is 11.9. The Morgan fingerprint density at radius 1 is 1.33 bits per heavy atom. The lowest BCUT2D eigenvalue weighted by Gasteiger charge is -2.34. The maximum Gasteiger partial charge on any atom is 0.407 e. The van der Waals surface area contributed by atoms with Gasteiger partial charge in [-0.25, -0.2) is 9.78 Å². The minimum Gasteiger partial charge on any atom is -0.465 e. The van der Waals surface area contributed by atoms with E-state index in [0.29, 0.717) is 39.1 Å². The number of carbonyl (C=O) groups is 1. The standard InChI is InChI=1S/C17H14Cl2N4O4/c18-12-5-9(23-14(19)6-11-15(23)20-8-21-16(11)24)1-2-10(12)13-7-27-4-3-22(13)17(25)26/h1-2,5-6,8,13H,3-4,7H2,(H,25,26)(H,20,21,24). The van der Waals surface area contributed by atoms with Gasteiger partial charge in [0, 0.05) is 17.3 Å². The molecule has 0 radical (unpaired) electrons. The Morgan fingerprint density at radius 2 is 2.15 bits per heavy atom. The fraction of sp³-hybridized carbons (Fsp3) is 0.235. The summed E-state index contributed by atoms with van der Waals surface area (Å²) in [6.45, 7) is 0.859. The van der Waals surface area contributed by atoms with Gasteiger partial charge in [0.05, 0.1) is 31.0 Å². The van der Waals surface area contributed by atoms with Crippen molar-refractivity contribution < 1.29 is 14.6 Å². The molecule has 1 unspecified atom stereocenters. The highest BCUT2D eigenvalue weighted by molar-refractivity contribution is 6.32. The number of benzene rings is 1. The first-order valence-electron chi connectivity index (χ1n) is 8.09. The number of hydrogen-bond acceptors (Lipinski definition) is 4. The molecular weight excluding hydrogens is 395 g/mol. The van der Waals surface area contributed by atoms with Crippen molar-refractivity contribution in [1.29, 1.82) is 0 Å². The summed E-state index contributed by atoms with van der Waals surface area (Å²) < 4.78 is 7.03. The SMILES string of the molecule is O=C(O)N1CCOCC1c1ccc(-n2c(Cl)cc3c(=O)[nH]cnc32)cc1Cl. The molecule has 3 heterocycles. The highest BCUT2D eigenvalue weighted by atomic mass is 35.5. The number of aromatic amines is 1. The highest BCUT2D eigenvalue weighted by Crippen LogP contribution is 2.33. The largest absolute Gasteiger partial charge is 0.465 e. The van der Waals surface area contributed by atoms with Crippen LogP contribution in [-0.4, -0.2) is 50.4 Å². The van der Waals surface area contributed by atoms with Crippen molar-refractivity contribution in [3.05, 3.63) is 56.7 Å². The minimum atomic E-state index is -1.02. The van der Waals surface area contributed by atoms with Gasteiger partial charge < -0.3 is 14.8 Å². The van der Waals surface area contributed by atoms with E-state index >= 15 is 0 Å². The Hall–Kier alpha value is -2.55. The summed E-state index contributed by atoms with van der Waals surface area (Å²) in [4.78, 5) is 31.4. The van der Waals surface area contributed by atoms with Gasteiger partial charge in [0.2, 0.25) is 0 Å². The van der Waals surface area contributed by atoms with E-state index in [1.807, 2.05) is 0 Å². The first-order chi connectivity index (χ1) is 13.0. The van der Waals surface area contributed by atoms with Gasteiger partial charge in [-0.05, 0) is 23.8 Å². The van der Waals surface area contributed by atoms with Gasteiger partial charge in [-0.3, -0.25) is 14.3 Å². The van der Waals surface area contributed by atoms with Crippen LogP contribution in [0.15, 0.2) is 35.4 Å². The second kappa shape index (κ2) is 6.88. The average molecular weight is 409 g/mol. The van der Waals surface area contributed by atoms with Gasteiger partial charge in [-0.1, -0.05) is 29.3 Å². The fourth-order valence-electron chi connectivity index (χ4n) is 3.26. The molecule has 1 aliphatic rings. The van der Waals surface area contributed by atoms with Crippen molar-refractivity contribution in [2.45, 2.75) is 6.04 Å². The molecule has 1 aromatic carbocycles. The summed E-state index contributed by atoms with van der Waals surface area (Å²) in [7, 11) is 0. The Balaban J connectivity index is 1.79. The van der Waals surface area contributed by atoms with E-state index in [4.69, 9.17) is 27.9 Å². The molecule has 4 rings (SSSR count). The molecule has 1 fully saturated rings. The number of hydrogen-bond donors (Lipinski definition) is 2. The fourth-order valence-corrected chi connectivity index (χ4v) is 3.84. The van der Waals surface area contributed by atoms with Crippen molar-refractivity contribution in [2.75, 3.05) is 19.8 Å². The highest BCUT2D eigenvalue weighted by Gasteiger charge is 2.30. The number of halogens is 2. The van der Waals surface area contributed by atoms with Crippen LogP contribution in [0.4, 0.5) is 4.79 Å². The summed E-state index contributed by atoms with van der Waals surface area (Å²) >= 11 is 12.8. The number of aromatic nitrogens is 3. The number of morpholine rings is 1. The lowest BCUT2D eigenvalue weighted by atomic mass is 10.0. The smallest absolute Gasteiger partial charge is 0.407 e. The molecule has 1 atom stereocenters. The number of fused-ring (bicyclic) bond motifs is 1. The lowest BCUT2D eigenvalue weighted by Crippen LogP contribution is -2.42. The van der Waals surface area contributed by atoms with Crippen molar-refractivity contribution in [2.24, 2.45) is 0 Å². The Labute approximate surface area is 162 Å². The van der Waals surface area contributed by atoms with Gasteiger partial charge >= 0.3 is 6.09 Å². The van der Waals surface area contributed by atoms with Crippen LogP contribution in [0.1, 0.15) is 11.6 Å². The number of amides is 1. The topological polar surface area (TPSA) is 100 Å². The molecule has 27 heavy (non-hydrogen) atoms. The summed E-state index contributed by atoms with van der Waals surface area (Å²) in [5.41, 5.74) is 1.36. The first-order valence-corrected chi connectivity index (χ1v) is 8.84. The number of carboxylic acid groups (broad SMARTS) is 1. The number of rotatable bonds is 2. The number of nitrogens with zero attached hydrogens (tertiary/aromatic N) is 3. The number of ether oxygens (including phenoxy) is 1. The van der Waals surface area contributed by atoms with E-state index in [2.05, 4.69) is 9.97 Å². The van der Waals surface area contributed by atoms with Gasteiger partial charge in [-0.15, -0.1) is 0 Å². The maximum atomic E-state index is 11.9. The van der Waals surface area contributed by atoms with Crippen LogP contribution in [0.3, 0.4) is 0 Å². The molecule has 1 amide bonds. The summed E-state index contributed by atoms with van der Waals surface area (Å²) in [6.07, 6.45) is 0.281. The number of nitrogens with one attached hydrogen (secondary N) is 1. The second-order valence-corrected chi connectivity index (χ2v) is 6.84. The average Bonchev–Trinajstić information content (AvgIpc) is 2.99. The summed E-state index contributed by atoms with van der Waals surface area (Å²) in [5.74, 6) is 0. The van der Waals surface area contributed by atoms with Crippen LogP contribution in [0, 0.1) is 0 Å². The Morgan fingerprint density at radius 3 is 2.89 bits per heavy atom. The molecule has 0 spiro atoms. The van der Waals surface area contributed by atoms with Crippen molar-refractivity contribution in [3.63, 3.8) is 0 Å². The van der Waals surface area contributed by atoms with Gasteiger partial charge in [0.25, 0.3) is 5.56 Å². The van der Waals surface area contributed by atoms with Crippen LogP contribution in [-0.2, 0) is 4.74 Å². The third-order valence-corrected chi connectivity index (χ3v) is 5.14. The predicted molar refractivity (Wildman–Crippen MR) is 100 cm³/mol. The van der Waals surface area contributed by atoms with Crippen molar-refractivity contribution >= 4 is 40.3 Å². The molecule has 8 nitrogen and oxygen atoms in total. The molecule has 10 heteroatoms. The van der Waals surface area contributed by atoms with Gasteiger partial charge in [0.15, 0.2) is 5.65 Å². The second-order valence-electron chi connectivity index (χ2n) is 6.04. The molecular formula is C17H14Cl2N4O4. The molecule has 3 aromatic rings. The van der Waals surface area contributed by atoms with Gasteiger partial charge in [0.1, 0.15) is 5.15 Å². The van der Waals surface area contributed by atoms with E-state index in [-0.39, 0.29) is 18.7 Å². The molecule has 2 N–H and O–H groups in total. The zero-order chi connectivity index (χ0) is 19.1. The zero-order valence-electron chi connectivity index (χ0n) is 13.9. The van der Waals surface area contributed by atoms with Crippen LogP contribution in [0.25, 0.3) is 16.7 Å². The van der Waals surface area contributed by atoms with E-state index in [1.54, 1.807) is 22.8 Å². The summed E-state index contributed by atoms with van der Waals surface area (Å²) in [6, 6.07) is 6.20. The predicted octanol–water partition coefficient (Wildman–Crippen LogP) is 3.07. The molecule has 1 aliphatic heterocycles. The normalized spacial score (nSPS) is 17.4. The molecule has 0 saturated carbocycles. The minimum absolute atomic E-state index is 0.232. The molecule has 2 aromatic heterocycles. The van der Waals surface area contributed by atoms with E-state index < -0.39 is 12.1 Å². The van der Waals surface area contributed by atoms with Crippen LogP contribution < -0.4 is 5.56 Å². The molecule has 140 valence electrons. The summed E-state index contributed by atoms with van der Waals surface area (Å²) in [5, 5.41) is 10.5. The number of H-pyrrole nitrogens is 1. The van der Waals surface area contributed by atoms with E-state index in [1.165, 1.54) is 17.3 Å². The van der Waals surface area contributed by atoms with Crippen molar-refractivity contribution in [3.8, 4) is 5.69 Å². The van der Waals surface area contributed by atoms with Crippen LogP contribution >= 0.6 is 23.2 Å². The lowest BCUT2D eigenvalue weighted by molar-refractivity contribution is -0.000860. The van der Waals surface area contributed by atoms with E-state index in [0.717, 1.165) is 0 Å². The van der Waals surface area contributed by atoms with E-state index in [9.17, 15) is 14.7 Å². The third kappa shape index (κ3) is 3.05. The monoisotopic (exact) mass is 408 g/mol. The third-order valence-electron chi connectivity index (χ3n) is 4.53. The van der Waals surface area contributed by atoms with Gasteiger partial charge in [-0.2, -0.15) is 0 Å².